The Balaban J connectivity index is 1.44. The number of piperazine rings is 1. The van der Waals surface area contributed by atoms with Crippen LogP contribution in [0.4, 0.5) is 0 Å². The molecule has 7 nitrogen and oxygen atoms in total. The van der Waals surface area contributed by atoms with Gasteiger partial charge in [0.05, 0.1) is 0 Å². The summed E-state index contributed by atoms with van der Waals surface area (Å²) >= 11 is 0. The fraction of sp³-hybridized carbons (Fsp3) is 0.304. The minimum absolute atomic E-state index is 0.0677. The first-order valence-electron chi connectivity index (χ1n) is 10.0. The van der Waals surface area contributed by atoms with Gasteiger partial charge in [0, 0.05) is 48.9 Å². The summed E-state index contributed by atoms with van der Waals surface area (Å²) in [6, 6.07) is 12.5. The van der Waals surface area contributed by atoms with Gasteiger partial charge in [-0.2, -0.15) is 0 Å². The fourth-order valence-corrected chi connectivity index (χ4v) is 3.92. The molecule has 0 unspecified atom stereocenters. The van der Waals surface area contributed by atoms with Gasteiger partial charge in [-0.15, -0.1) is 0 Å². The SMILES string of the molecule is CC(C)NC(=O)C(=O)N1CCN(C(=O)c2ccc3c(c2)C(=O)c2ccccc2-3)CC1. The van der Waals surface area contributed by atoms with E-state index in [1.54, 1.807) is 36.9 Å². The Morgan fingerprint density at radius 1 is 0.833 bits per heavy atom. The van der Waals surface area contributed by atoms with Crippen LogP contribution in [0.3, 0.4) is 0 Å². The minimum Gasteiger partial charge on any atom is -0.346 e. The Bertz CT molecular complexity index is 1050. The first-order valence-corrected chi connectivity index (χ1v) is 10.0. The first-order chi connectivity index (χ1) is 14.4. The van der Waals surface area contributed by atoms with Crippen LogP contribution in [0, 0.1) is 0 Å². The standard InChI is InChI=1S/C23H23N3O4/c1-14(2)24-21(28)23(30)26-11-9-25(10-12-26)22(29)15-7-8-17-16-5-3-4-6-18(16)20(27)19(17)13-15/h3-8,13-14H,9-12H2,1-2H3,(H,24,28). The number of nitrogens with zero attached hydrogens (tertiary/aromatic N) is 2. The maximum absolute atomic E-state index is 13.0. The highest BCUT2D eigenvalue weighted by molar-refractivity contribution is 6.35. The summed E-state index contributed by atoms with van der Waals surface area (Å²) in [4.78, 5) is 52.9. The van der Waals surface area contributed by atoms with Crippen LogP contribution >= 0.6 is 0 Å². The molecule has 1 N–H and O–H groups in total. The summed E-state index contributed by atoms with van der Waals surface area (Å²) in [7, 11) is 0. The number of nitrogens with one attached hydrogen (secondary N) is 1. The molecule has 0 aromatic heterocycles. The number of benzene rings is 2. The van der Waals surface area contributed by atoms with Crippen molar-refractivity contribution in [2.45, 2.75) is 19.9 Å². The molecule has 0 atom stereocenters. The van der Waals surface area contributed by atoms with E-state index < -0.39 is 11.8 Å². The number of hydrogen-bond donors (Lipinski definition) is 1. The summed E-state index contributed by atoms with van der Waals surface area (Å²) in [6.45, 7) is 4.86. The second-order valence-electron chi connectivity index (χ2n) is 7.85. The number of amides is 3. The smallest absolute Gasteiger partial charge is 0.312 e. The topological polar surface area (TPSA) is 86.8 Å². The molecular weight excluding hydrogens is 382 g/mol. The Labute approximate surface area is 174 Å². The van der Waals surface area contributed by atoms with Crippen LogP contribution in [0.25, 0.3) is 11.1 Å². The molecule has 30 heavy (non-hydrogen) atoms. The molecule has 1 heterocycles. The third-order valence-electron chi connectivity index (χ3n) is 5.44. The van der Waals surface area contributed by atoms with Gasteiger partial charge in [0.25, 0.3) is 5.91 Å². The Morgan fingerprint density at radius 2 is 1.43 bits per heavy atom. The molecule has 2 aromatic rings. The van der Waals surface area contributed by atoms with Crippen LogP contribution in [0.15, 0.2) is 42.5 Å². The summed E-state index contributed by atoms with van der Waals surface area (Å²) in [6.07, 6.45) is 0. The van der Waals surface area contributed by atoms with Crippen molar-refractivity contribution in [3.05, 3.63) is 59.2 Å². The van der Waals surface area contributed by atoms with E-state index in [4.69, 9.17) is 0 Å². The van der Waals surface area contributed by atoms with E-state index in [2.05, 4.69) is 5.32 Å². The fourth-order valence-electron chi connectivity index (χ4n) is 3.92. The lowest BCUT2D eigenvalue weighted by atomic mass is 10.0. The van der Waals surface area contributed by atoms with Gasteiger partial charge >= 0.3 is 11.8 Å². The van der Waals surface area contributed by atoms with Gasteiger partial charge in [-0.05, 0) is 37.1 Å². The minimum atomic E-state index is -0.624. The molecular formula is C23H23N3O4. The molecule has 1 fully saturated rings. The van der Waals surface area contributed by atoms with Crippen LogP contribution in [0.2, 0.25) is 0 Å². The van der Waals surface area contributed by atoms with Crippen molar-refractivity contribution in [1.29, 1.82) is 0 Å². The van der Waals surface area contributed by atoms with Crippen LogP contribution in [-0.4, -0.2) is 65.5 Å². The lowest BCUT2D eigenvalue weighted by molar-refractivity contribution is -0.147. The highest BCUT2D eigenvalue weighted by Gasteiger charge is 2.30. The molecule has 154 valence electrons. The maximum Gasteiger partial charge on any atom is 0.312 e. The molecule has 1 aliphatic carbocycles. The molecule has 0 bridgehead atoms. The molecule has 2 aliphatic rings. The van der Waals surface area contributed by atoms with Crippen molar-refractivity contribution < 1.29 is 19.2 Å². The monoisotopic (exact) mass is 405 g/mol. The number of hydrogen-bond acceptors (Lipinski definition) is 4. The quantitative estimate of drug-likeness (QED) is 0.658. The van der Waals surface area contributed by atoms with Gasteiger partial charge in [-0.25, -0.2) is 0 Å². The Hall–Kier alpha value is -3.48. The Morgan fingerprint density at radius 3 is 2.10 bits per heavy atom. The van der Waals surface area contributed by atoms with Crippen LogP contribution in [-0.2, 0) is 9.59 Å². The Kier molecular flexibility index (Phi) is 5.11. The molecule has 2 aromatic carbocycles. The largest absolute Gasteiger partial charge is 0.346 e. The molecule has 7 heteroatoms. The zero-order chi connectivity index (χ0) is 21.4. The van der Waals surface area contributed by atoms with Gasteiger partial charge in [0.2, 0.25) is 0 Å². The second-order valence-corrected chi connectivity index (χ2v) is 7.85. The van der Waals surface area contributed by atoms with Crippen LogP contribution in [0.5, 0.6) is 0 Å². The van der Waals surface area contributed by atoms with Crippen molar-refractivity contribution in [3.8, 4) is 11.1 Å². The molecule has 1 aliphatic heterocycles. The van der Waals surface area contributed by atoms with Crippen molar-refractivity contribution in [1.82, 2.24) is 15.1 Å². The number of rotatable bonds is 2. The molecule has 3 amide bonds. The summed E-state index contributed by atoms with van der Waals surface area (Å²) in [5, 5.41) is 2.59. The summed E-state index contributed by atoms with van der Waals surface area (Å²) in [5.74, 6) is -1.44. The lowest BCUT2D eigenvalue weighted by Crippen LogP contribution is -2.54. The normalized spacial score (nSPS) is 15.1. The number of carbonyl (C=O) groups is 4. The van der Waals surface area contributed by atoms with Gasteiger partial charge in [0.1, 0.15) is 0 Å². The predicted molar refractivity (Wildman–Crippen MR) is 111 cm³/mol. The van der Waals surface area contributed by atoms with Crippen molar-refractivity contribution in [2.24, 2.45) is 0 Å². The predicted octanol–water partition coefficient (Wildman–Crippen LogP) is 1.71. The molecule has 4 rings (SSSR count). The first kappa shape index (κ1) is 19.8. The van der Waals surface area contributed by atoms with Crippen LogP contribution < -0.4 is 5.32 Å². The van der Waals surface area contributed by atoms with E-state index in [0.29, 0.717) is 42.9 Å². The highest BCUT2D eigenvalue weighted by Crippen LogP contribution is 2.36. The average molecular weight is 405 g/mol. The van der Waals surface area contributed by atoms with Crippen molar-refractivity contribution in [2.75, 3.05) is 26.2 Å². The zero-order valence-corrected chi connectivity index (χ0v) is 17.0. The van der Waals surface area contributed by atoms with E-state index in [9.17, 15) is 19.2 Å². The van der Waals surface area contributed by atoms with E-state index in [1.165, 1.54) is 4.90 Å². The van der Waals surface area contributed by atoms with E-state index in [-0.39, 0.29) is 17.7 Å². The third-order valence-corrected chi connectivity index (χ3v) is 5.44. The number of carbonyl (C=O) groups excluding carboxylic acids is 4. The van der Waals surface area contributed by atoms with Gasteiger partial charge in [-0.1, -0.05) is 30.3 Å². The molecule has 0 saturated carbocycles. The second kappa shape index (κ2) is 7.74. The molecule has 1 saturated heterocycles. The average Bonchev–Trinajstić information content (AvgIpc) is 3.04. The summed E-state index contributed by atoms with van der Waals surface area (Å²) in [5.41, 5.74) is 3.39. The third kappa shape index (κ3) is 3.47. The van der Waals surface area contributed by atoms with Gasteiger partial charge < -0.3 is 15.1 Å². The van der Waals surface area contributed by atoms with E-state index in [1.807, 2.05) is 24.3 Å². The lowest BCUT2D eigenvalue weighted by Gasteiger charge is -2.34. The molecule has 0 radical (unpaired) electrons. The highest BCUT2D eigenvalue weighted by atomic mass is 16.2. The van der Waals surface area contributed by atoms with E-state index in [0.717, 1.165) is 11.1 Å². The van der Waals surface area contributed by atoms with Gasteiger partial charge in [0.15, 0.2) is 5.78 Å². The maximum atomic E-state index is 13.0. The number of fused-ring (bicyclic) bond motifs is 3. The van der Waals surface area contributed by atoms with Crippen molar-refractivity contribution >= 4 is 23.5 Å². The zero-order valence-electron chi connectivity index (χ0n) is 17.0. The molecule has 0 spiro atoms. The number of ketones is 1. The van der Waals surface area contributed by atoms with Crippen LogP contribution in [0.1, 0.15) is 40.1 Å². The summed E-state index contributed by atoms with van der Waals surface area (Å²) < 4.78 is 0. The van der Waals surface area contributed by atoms with Crippen molar-refractivity contribution in [3.63, 3.8) is 0 Å². The van der Waals surface area contributed by atoms with Gasteiger partial charge in [-0.3, -0.25) is 19.2 Å². The van der Waals surface area contributed by atoms with E-state index >= 15 is 0 Å².